The zero-order chi connectivity index (χ0) is 18.6. The van der Waals surface area contributed by atoms with Gasteiger partial charge in [-0.25, -0.2) is 4.98 Å². The van der Waals surface area contributed by atoms with E-state index >= 15 is 0 Å². The number of amides is 1. The van der Waals surface area contributed by atoms with E-state index in [-0.39, 0.29) is 18.0 Å². The zero-order valence-corrected chi connectivity index (χ0v) is 15.7. The minimum Gasteiger partial charge on any atom is -0.496 e. The fourth-order valence-electron chi connectivity index (χ4n) is 2.92. The van der Waals surface area contributed by atoms with Crippen LogP contribution in [0.15, 0.2) is 18.2 Å². The number of H-pyrrole nitrogens is 1. The van der Waals surface area contributed by atoms with Gasteiger partial charge in [-0.2, -0.15) is 5.10 Å². The Hall–Kier alpha value is -2.41. The highest BCUT2D eigenvalue weighted by Crippen LogP contribution is 2.31. The Bertz CT molecular complexity index is 717. The van der Waals surface area contributed by atoms with E-state index in [0.29, 0.717) is 35.1 Å². The van der Waals surface area contributed by atoms with Crippen LogP contribution < -0.4 is 4.74 Å². The quantitative estimate of drug-likeness (QED) is 0.834. The van der Waals surface area contributed by atoms with Crippen LogP contribution in [0.1, 0.15) is 43.9 Å². The average Bonchev–Trinajstić information content (AvgIpc) is 3.02. The summed E-state index contributed by atoms with van der Waals surface area (Å²) in [4.78, 5) is 19.5. The molecule has 0 aliphatic carbocycles. The van der Waals surface area contributed by atoms with E-state index in [4.69, 9.17) is 9.47 Å². The van der Waals surface area contributed by atoms with Crippen LogP contribution in [0.5, 0.6) is 5.75 Å². The second-order valence-electron chi connectivity index (χ2n) is 6.32. The van der Waals surface area contributed by atoms with E-state index in [0.717, 1.165) is 0 Å². The predicted octanol–water partition coefficient (Wildman–Crippen LogP) is 2.89. The first-order valence-electron chi connectivity index (χ1n) is 8.30. The molecule has 0 saturated carbocycles. The summed E-state index contributed by atoms with van der Waals surface area (Å²) in [5.74, 6) is 1.45. The van der Waals surface area contributed by atoms with Gasteiger partial charge in [0.25, 0.3) is 5.91 Å². The molecule has 7 nitrogen and oxygen atoms in total. The van der Waals surface area contributed by atoms with Gasteiger partial charge in [0.15, 0.2) is 11.6 Å². The van der Waals surface area contributed by atoms with Crippen LogP contribution in [-0.4, -0.2) is 52.3 Å². The molecule has 0 radical (unpaired) electrons. The number of hydrogen-bond donors (Lipinski definition) is 1. The van der Waals surface area contributed by atoms with Crippen LogP contribution in [0.4, 0.5) is 0 Å². The van der Waals surface area contributed by atoms with E-state index in [1.165, 1.54) is 0 Å². The number of nitrogens with one attached hydrogen (secondary N) is 1. The maximum absolute atomic E-state index is 13.3. The number of carbonyl (C=O) groups excluding carboxylic acids is 1. The van der Waals surface area contributed by atoms with Gasteiger partial charge in [-0.05, 0) is 33.8 Å². The molecule has 1 amide bonds. The maximum atomic E-state index is 13.3. The number of carbonyl (C=O) groups is 1. The predicted molar refractivity (Wildman–Crippen MR) is 95.5 cm³/mol. The topological polar surface area (TPSA) is 80.3 Å². The van der Waals surface area contributed by atoms with Crippen LogP contribution in [0, 0.1) is 0 Å². The van der Waals surface area contributed by atoms with Crippen molar-refractivity contribution in [2.75, 3.05) is 14.2 Å². The average molecular weight is 346 g/mol. The molecule has 0 unspecified atom stereocenters. The molecule has 1 aromatic carbocycles. The molecule has 25 heavy (non-hydrogen) atoms. The van der Waals surface area contributed by atoms with Crippen molar-refractivity contribution in [3.63, 3.8) is 0 Å². The molecule has 2 aromatic rings. The van der Waals surface area contributed by atoms with Crippen molar-refractivity contribution in [2.45, 2.75) is 46.4 Å². The highest BCUT2D eigenvalue weighted by Gasteiger charge is 2.28. The number of rotatable bonds is 7. The molecule has 0 atom stereocenters. The second kappa shape index (κ2) is 8.11. The maximum Gasteiger partial charge on any atom is 0.258 e. The van der Waals surface area contributed by atoms with Gasteiger partial charge in [0, 0.05) is 24.8 Å². The van der Waals surface area contributed by atoms with Gasteiger partial charge in [0.05, 0.1) is 12.7 Å². The standard InChI is InChI=1S/C18H26N4O3/c1-11(2)22(12(3)4)18(23)16-13(8-7-9-14(16)25-6)17-19-15(10-24-5)20-21-17/h7-9,11-12H,10H2,1-6H3,(H,19,20,21). The van der Waals surface area contributed by atoms with E-state index < -0.39 is 0 Å². The summed E-state index contributed by atoms with van der Waals surface area (Å²) in [5.41, 5.74) is 1.10. The van der Waals surface area contributed by atoms with Crippen LogP contribution in [0.2, 0.25) is 0 Å². The summed E-state index contributed by atoms with van der Waals surface area (Å²) in [7, 11) is 3.14. The Morgan fingerprint density at radius 1 is 1.20 bits per heavy atom. The van der Waals surface area contributed by atoms with Crippen LogP contribution in [0.25, 0.3) is 11.4 Å². The third-order valence-corrected chi connectivity index (χ3v) is 3.86. The largest absolute Gasteiger partial charge is 0.496 e. The Morgan fingerprint density at radius 3 is 2.44 bits per heavy atom. The molecule has 7 heteroatoms. The normalized spacial score (nSPS) is 11.2. The smallest absolute Gasteiger partial charge is 0.258 e. The minimum atomic E-state index is -0.101. The van der Waals surface area contributed by atoms with Gasteiger partial charge in [0.2, 0.25) is 0 Å². The molecule has 2 rings (SSSR count). The summed E-state index contributed by atoms with van der Waals surface area (Å²) in [5, 5.41) is 7.06. The Kier molecular flexibility index (Phi) is 6.14. The van der Waals surface area contributed by atoms with E-state index in [1.807, 2.05) is 44.7 Å². The molecular weight excluding hydrogens is 320 g/mol. The molecule has 0 bridgehead atoms. The lowest BCUT2D eigenvalue weighted by molar-refractivity contribution is 0.0641. The van der Waals surface area contributed by atoms with Crippen LogP contribution in [0.3, 0.4) is 0 Å². The molecule has 1 heterocycles. The molecule has 0 saturated heterocycles. The third-order valence-electron chi connectivity index (χ3n) is 3.86. The lowest BCUT2D eigenvalue weighted by Crippen LogP contribution is -2.42. The lowest BCUT2D eigenvalue weighted by Gasteiger charge is -2.31. The number of benzene rings is 1. The fourth-order valence-corrected chi connectivity index (χ4v) is 2.92. The van der Waals surface area contributed by atoms with Crippen molar-refractivity contribution in [2.24, 2.45) is 0 Å². The van der Waals surface area contributed by atoms with Crippen molar-refractivity contribution < 1.29 is 14.3 Å². The van der Waals surface area contributed by atoms with Crippen molar-refractivity contribution in [1.82, 2.24) is 20.1 Å². The van der Waals surface area contributed by atoms with Gasteiger partial charge >= 0.3 is 0 Å². The molecule has 1 aromatic heterocycles. The van der Waals surface area contributed by atoms with Gasteiger partial charge in [-0.3, -0.25) is 9.89 Å². The first-order chi connectivity index (χ1) is 11.9. The molecule has 0 fully saturated rings. The van der Waals surface area contributed by atoms with Gasteiger partial charge < -0.3 is 14.4 Å². The molecule has 0 spiro atoms. The van der Waals surface area contributed by atoms with Gasteiger partial charge in [-0.15, -0.1) is 0 Å². The number of nitrogens with zero attached hydrogens (tertiary/aromatic N) is 3. The van der Waals surface area contributed by atoms with Crippen molar-refractivity contribution >= 4 is 5.91 Å². The first-order valence-corrected chi connectivity index (χ1v) is 8.30. The summed E-state index contributed by atoms with van der Waals surface area (Å²) >= 11 is 0. The zero-order valence-electron chi connectivity index (χ0n) is 15.7. The van der Waals surface area contributed by atoms with Crippen molar-refractivity contribution in [1.29, 1.82) is 0 Å². The first kappa shape index (κ1) is 18.9. The van der Waals surface area contributed by atoms with Crippen molar-refractivity contribution in [3.8, 4) is 17.1 Å². The molecule has 0 aliphatic heterocycles. The Labute approximate surface area is 148 Å². The van der Waals surface area contributed by atoms with Crippen molar-refractivity contribution in [3.05, 3.63) is 29.6 Å². The van der Waals surface area contributed by atoms with Crippen LogP contribution >= 0.6 is 0 Å². The molecule has 0 aliphatic rings. The molecule has 136 valence electrons. The van der Waals surface area contributed by atoms with Crippen LogP contribution in [-0.2, 0) is 11.3 Å². The van der Waals surface area contributed by atoms with E-state index in [9.17, 15) is 4.79 Å². The van der Waals surface area contributed by atoms with Gasteiger partial charge in [-0.1, -0.05) is 12.1 Å². The minimum absolute atomic E-state index is 0.0569. The SMILES string of the molecule is COCc1nc(-c2cccc(OC)c2C(=O)N(C(C)C)C(C)C)n[nH]1. The second-order valence-corrected chi connectivity index (χ2v) is 6.32. The molecular formula is C18H26N4O3. The Morgan fingerprint density at radius 2 is 1.88 bits per heavy atom. The lowest BCUT2D eigenvalue weighted by atomic mass is 10.0. The number of aromatic nitrogens is 3. The number of hydrogen-bond acceptors (Lipinski definition) is 5. The summed E-state index contributed by atoms with van der Waals surface area (Å²) in [6.45, 7) is 8.31. The van der Waals surface area contributed by atoms with Gasteiger partial charge in [0.1, 0.15) is 12.4 Å². The highest BCUT2D eigenvalue weighted by molar-refractivity contribution is 6.03. The monoisotopic (exact) mass is 346 g/mol. The number of ether oxygens (including phenoxy) is 2. The Balaban J connectivity index is 2.57. The van der Waals surface area contributed by atoms with E-state index in [1.54, 1.807) is 20.3 Å². The molecule has 1 N–H and O–H groups in total. The number of aromatic amines is 1. The summed E-state index contributed by atoms with van der Waals surface area (Å²) in [6.07, 6.45) is 0. The third kappa shape index (κ3) is 3.99. The fraction of sp³-hybridized carbons (Fsp3) is 0.500. The number of methoxy groups -OCH3 is 2. The summed E-state index contributed by atoms with van der Waals surface area (Å²) in [6, 6.07) is 5.54. The van der Waals surface area contributed by atoms with E-state index in [2.05, 4.69) is 15.2 Å². The summed E-state index contributed by atoms with van der Waals surface area (Å²) < 4.78 is 10.5. The highest BCUT2D eigenvalue weighted by atomic mass is 16.5.